The van der Waals surface area contributed by atoms with Crippen LogP contribution in [0.25, 0.3) is 0 Å². The third-order valence-corrected chi connectivity index (χ3v) is 6.35. The molecule has 1 N–H and O–H groups in total. The first-order valence-corrected chi connectivity index (χ1v) is 13.5. The average Bonchev–Trinajstić information content (AvgIpc) is 3.09. The van der Waals surface area contributed by atoms with Crippen molar-refractivity contribution in [1.82, 2.24) is 0 Å². The lowest BCUT2D eigenvalue weighted by Gasteiger charge is -2.34. The molecule has 224 valence electrons. The molecule has 4 aromatic rings. The minimum absolute atomic E-state index is 0.0616. The highest BCUT2D eigenvalue weighted by atomic mass is 16.6. The van der Waals surface area contributed by atoms with Crippen LogP contribution in [-0.4, -0.2) is 66.3 Å². The van der Waals surface area contributed by atoms with E-state index in [1.54, 1.807) is 72.8 Å². The van der Waals surface area contributed by atoms with Crippen LogP contribution in [-0.2, 0) is 23.7 Å². The van der Waals surface area contributed by atoms with Crippen molar-refractivity contribution < 1.29 is 48.0 Å². The van der Waals surface area contributed by atoms with Gasteiger partial charge >= 0.3 is 23.9 Å². The van der Waals surface area contributed by atoms with Crippen LogP contribution in [0.1, 0.15) is 41.4 Å². The molecule has 10 nitrogen and oxygen atoms in total. The minimum Gasteiger partial charge on any atom is -0.452 e. The van der Waals surface area contributed by atoms with Crippen molar-refractivity contribution in [3.8, 4) is 0 Å². The smallest absolute Gasteiger partial charge is 0.338 e. The third kappa shape index (κ3) is 8.24. The van der Waals surface area contributed by atoms with Crippen molar-refractivity contribution in [3.63, 3.8) is 0 Å². The molecule has 4 atom stereocenters. The number of rotatable bonds is 13. The zero-order valence-corrected chi connectivity index (χ0v) is 23.3. The number of hydrogen-bond acceptors (Lipinski definition) is 10. The number of aliphatic hydroxyl groups excluding tert-OH is 1. The number of aldehydes is 1. The predicted molar refractivity (Wildman–Crippen MR) is 156 cm³/mol. The van der Waals surface area contributed by atoms with Crippen LogP contribution in [0.4, 0.5) is 0 Å². The van der Waals surface area contributed by atoms with Gasteiger partial charge in [-0.25, -0.2) is 19.2 Å². The summed E-state index contributed by atoms with van der Waals surface area (Å²) in [5.41, 5.74) is 0.325. The van der Waals surface area contributed by atoms with Gasteiger partial charge in [-0.05, 0) is 48.5 Å². The van der Waals surface area contributed by atoms with E-state index in [2.05, 4.69) is 0 Å². The molecule has 0 aliphatic carbocycles. The fourth-order valence-corrected chi connectivity index (χ4v) is 4.13. The second-order valence-corrected chi connectivity index (χ2v) is 9.34. The molecule has 0 aliphatic rings. The molecular weight excluding hydrogens is 568 g/mol. The zero-order valence-electron chi connectivity index (χ0n) is 23.3. The van der Waals surface area contributed by atoms with E-state index in [9.17, 15) is 29.1 Å². The van der Waals surface area contributed by atoms with Crippen molar-refractivity contribution in [1.29, 1.82) is 0 Å². The van der Waals surface area contributed by atoms with Gasteiger partial charge in [0.15, 0.2) is 30.7 Å². The highest BCUT2D eigenvalue weighted by molar-refractivity contribution is 5.92. The first-order valence-electron chi connectivity index (χ1n) is 13.5. The largest absolute Gasteiger partial charge is 0.452 e. The lowest BCUT2D eigenvalue weighted by atomic mass is 10.0. The standard InChI is InChI=1S/C34H28O10/c35-21-27(41-31(37)23-13-5-1-6-14-23)29(43-33(39)25-17-9-3-10-18-25)30(44-34(40)26-19-11-4-12-20-26)28(22-36)42-32(38)24-15-7-2-8-16-24/h1-21,27-30,36H,22H2/t27-,28-,29-,30+/m1/s1. The second-order valence-electron chi connectivity index (χ2n) is 9.34. The van der Waals surface area contributed by atoms with Gasteiger partial charge in [0.1, 0.15) is 0 Å². The molecule has 0 radical (unpaired) electrons. The van der Waals surface area contributed by atoms with Crippen molar-refractivity contribution in [2.75, 3.05) is 6.61 Å². The molecule has 4 aromatic carbocycles. The summed E-state index contributed by atoms with van der Waals surface area (Å²) in [6.45, 7) is -0.928. The summed E-state index contributed by atoms with van der Waals surface area (Å²) < 4.78 is 22.3. The van der Waals surface area contributed by atoms with Gasteiger partial charge < -0.3 is 24.1 Å². The normalized spacial score (nSPS) is 13.3. The summed E-state index contributed by atoms with van der Waals surface area (Å²) in [6, 6.07) is 30.9. The quantitative estimate of drug-likeness (QED) is 0.136. The summed E-state index contributed by atoms with van der Waals surface area (Å²) >= 11 is 0. The first-order chi connectivity index (χ1) is 21.4. The molecule has 0 amide bonds. The predicted octanol–water partition coefficient (Wildman–Crippen LogP) is 4.08. The molecule has 0 spiro atoms. The number of aliphatic hydroxyl groups is 1. The van der Waals surface area contributed by atoms with E-state index in [4.69, 9.17) is 18.9 Å². The van der Waals surface area contributed by atoms with Gasteiger partial charge in [-0.15, -0.1) is 0 Å². The van der Waals surface area contributed by atoms with E-state index in [0.717, 1.165) is 0 Å². The van der Waals surface area contributed by atoms with Gasteiger partial charge in [-0.3, -0.25) is 4.79 Å². The highest BCUT2D eigenvalue weighted by Gasteiger charge is 2.45. The van der Waals surface area contributed by atoms with Gasteiger partial charge in [0, 0.05) is 0 Å². The Balaban J connectivity index is 1.75. The Morgan fingerprint density at radius 2 is 0.818 bits per heavy atom. The monoisotopic (exact) mass is 596 g/mol. The molecule has 0 saturated heterocycles. The molecule has 4 rings (SSSR count). The van der Waals surface area contributed by atoms with Crippen LogP contribution in [0.15, 0.2) is 121 Å². The Kier molecular flexibility index (Phi) is 11.1. The molecule has 0 unspecified atom stereocenters. The Morgan fingerprint density at radius 3 is 1.16 bits per heavy atom. The molecule has 0 saturated carbocycles. The summed E-state index contributed by atoms with van der Waals surface area (Å²) in [5, 5.41) is 10.4. The van der Waals surface area contributed by atoms with Gasteiger partial charge in [0.2, 0.25) is 0 Å². The Labute approximate surface area is 252 Å². The molecule has 0 heterocycles. The van der Waals surface area contributed by atoms with Gasteiger partial charge in [0.25, 0.3) is 0 Å². The Hall–Kier alpha value is -5.61. The summed E-state index contributed by atoms with van der Waals surface area (Å²) in [4.78, 5) is 65.0. The van der Waals surface area contributed by atoms with E-state index < -0.39 is 54.9 Å². The molecule has 0 fully saturated rings. The maximum atomic E-state index is 13.3. The van der Waals surface area contributed by atoms with Crippen LogP contribution in [0, 0.1) is 0 Å². The Morgan fingerprint density at radius 1 is 0.500 bits per heavy atom. The number of hydrogen-bond donors (Lipinski definition) is 1. The second kappa shape index (κ2) is 15.6. The van der Waals surface area contributed by atoms with Crippen molar-refractivity contribution in [2.24, 2.45) is 0 Å². The number of benzene rings is 4. The van der Waals surface area contributed by atoms with E-state index >= 15 is 0 Å². The summed E-state index contributed by atoms with van der Waals surface area (Å²) in [5.74, 6) is -3.77. The van der Waals surface area contributed by atoms with Crippen molar-refractivity contribution in [3.05, 3.63) is 144 Å². The minimum atomic E-state index is -1.87. The topological polar surface area (TPSA) is 143 Å². The van der Waals surface area contributed by atoms with Crippen LogP contribution in [0.3, 0.4) is 0 Å². The molecular formula is C34H28O10. The van der Waals surface area contributed by atoms with Gasteiger partial charge in [0.05, 0.1) is 28.9 Å². The number of carbonyl (C=O) groups excluding carboxylic acids is 5. The molecule has 10 heteroatoms. The lowest BCUT2D eigenvalue weighted by Crippen LogP contribution is -2.53. The van der Waals surface area contributed by atoms with Crippen LogP contribution >= 0.6 is 0 Å². The fourth-order valence-electron chi connectivity index (χ4n) is 4.13. The molecule has 44 heavy (non-hydrogen) atoms. The van der Waals surface area contributed by atoms with E-state index in [0.29, 0.717) is 0 Å². The summed E-state index contributed by atoms with van der Waals surface area (Å²) in [7, 11) is 0. The van der Waals surface area contributed by atoms with Crippen LogP contribution in [0.2, 0.25) is 0 Å². The number of ether oxygens (including phenoxy) is 4. The Bertz CT molecular complexity index is 1540. The van der Waals surface area contributed by atoms with E-state index in [1.165, 1.54) is 48.5 Å². The van der Waals surface area contributed by atoms with Gasteiger partial charge in [-0.2, -0.15) is 0 Å². The highest BCUT2D eigenvalue weighted by Crippen LogP contribution is 2.23. The average molecular weight is 597 g/mol. The third-order valence-electron chi connectivity index (χ3n) is 6.35. The molecule has 0 bridgehead atoms. The molecule has 0 aliphatic heterocycles. The van der Waals surface area contributed by atoms with E-state index in [-0.39, 0.29) is 28.5 Å². The zero-order chi connectivity index (χ0) is 31.3. The van der Waals surface area contributed by atoms with E-state index in [1.807, 2.05) is 0 Å². The lowest BCUT2D eigenvalue weighted by molar-refractivity contribution is -0.142. The van der Waals surface area contributed by atoms with Crippen LogP contribution < -0.4 is 0 Å². The SMILES string of the molecule is O=C[C@@H](OC(=O)c1ccccc1)[C@@H](OC(=O)c1ccccc1)[C@@H](OC(=O)c1ccccc1)[C@@H](CO)OC(=O)c1ccccc1. The number of esters is 4. The first kappa shape index (κ1) is 31.3. The summed E-state index contributed by atoms with van der Waals surface area (Å²) in [6.07, 6.45) is -7.05. The maximum absolute atomic E-state index is 13.3. The van der Waals surface area contributed by atoms with Crippen LogP contribution in [0.5, 0.6) is 0 Å². The van der Waals surface area contributed by atoms with Crippen molar-refractivity contribution >= 4 is 30.2 Å². The van der Waals surface area contributed by atoms with Gasteiger partial charge in [-0.1, -0.05) is 72.8 Å². The number of carbonyl (C=O) groups is 5. The van der Waals surface area contributed by atoms with Crippen molar-refractivity contribution in [2.45, 2.75) is 24.4 Å². The molecule has 0 aromatic heterocycles. The fraction of sp³-hybridized carbons (Fsp3) is 0.147. The maximum Gasteiger partial charge on any atom is 0.338 e.